The van der Waals surface area contributed by atoms with Gasteiger partial charge in [-0.1, -0.05) is 30.3 Å². The van der Waals surface area contributed by atoms with Gasteiger partial charge in [0.15, 0.2) is 0 Å². The molecule has 1 aromatic heterocycles. The molecule has 8 heteroatoms. The maximum absolute atomic E-state index is 13.5. The van der Waals surface area contributed by atoms with Gasteiger partial charge in [0.1, 0.15) is 0 Å². The molecule has 0 radical (unpaired) electrons. The van der Waals surface area contributed by atoms with Crippen LogP contribution in [0.15, 0.2) is 42.7 Å². The number of aliphatic hydroxyl groups is 1. The molecule has 1 aliphatic rings. The van der Waals surface area contributed by atoms with E-state index in [2.05, 4.69) is 58.5 Å². The van der Waals surface area contributed by atoms with Crippen molar-refractivity contribution in [2.45, 2.75) is 24.8 Å². The Hall–Kier alpha value is -2.55. The second-order valence-electron chi connectivity index (χ2n) is 8.90. The number of quaternary nitrogens is 1. The van der Waals surface area contributed by atoms with Crippen LogP contribution in [0.5, 0.6) is 0 Å². The Morgan fingerprint density at radius 1 is 1.16 bits per heavy atom. The number of benzene rings is 1. The molecule has 0 spiro atoms. The molecule has 2 heterocycles. The normalized spacial score (nSPS) is 22.0. The Morgan fingerprint density at radius 3 is 2.45 bits per heavy atom. The van der Waals surface area contributed by atoms with Crippen molar-refractivity contribution in [1.82, 2.24) is 14.9 Å². The lowest BCUT2D eigenvalue weighted by molar-refractivity contribution is -0.808. The number of aliphatic hydroxyl groups excluding tert-OH is 1. The minimum absolute atomic E-state index is 0.0103. The Bertz CT molecular complexity index is 856. The molecule has 1 saturated heterocycles. The van der Waals surface area contributed by atoms with Gasteiger partial charge in [0.25, 0.3) is 0 Å². The summed E-state index contributed by atoms with van der Waals surface area (Å²) >= 11 is 0. The maximum Gasteiger partial charge on any atom is 0.423 e. The molecule has 1 atom stereocenters. The summed E-state index contributed by atoms with van der Waals surface area (Å²) in [5.41, 5.74) is 1.87. The maximum atomic E-state index is 13.5. The van der Waals surface area contributed by atoms with Crippen molar-refractivity contribution in [1.29, 1.82) is 0 Å². The minimum Gasteiger partial charge on any atom is -0.395 e. The third kappa shape index (κ3) is 5.03. The van der Waals surface area contributed by atoms with Crippen molar-refractivity contribution in [3.8, 4) is 0 Å². The molecular weight excluding hydrogens is 392 g/mol. The van der Waals surface area contributed by atoms with E-state index < -0.39 is 0 Å². The van der Waals surface area contributed by atoms with Crippen molar-refractivity contribution in [3.63, 3.8) is 0 Å². The molecule has 1 aliphatic heterocycles. The van der Waals surface area contributed by atoms with E-state index in [-0.39, 0.29) is 22.7 Å². The van der Waals surface area contributed by atoms with E-state index in [0.29, 0.717) is 24.7 Å². The summed E-state index contributed by atoms with van der Waals surface area (Å²) < 4.78 is 0.257. The topological polar surface area (TPSA) is 81.6 Å². The zero-order valence-corrected chi connectivity index (χ0v) is 19.1. The van der Waals surface area contributed by atoms with Crippen molar-refractivity contribution in [2.75, 3.05) is 64.6 Å². The molecule has 2 amide bonds. The summed E-state index contributed by atoms with van der Waals surface area (Å²) in [6, 6.07) is 10.7. The lowest BCUT2D eigenvalue weighted by atomic mass is 9.81. The largest absolute Gasteiger partial charge is 0.423 e. The summed E-state index contributed by atoms with van der Waals surface area (Å²) in [6.07, 6.45) is 6.06. The molecule has 3 rings (SSSR count). The Morgan fingerprint density at radius 2 is 1.84 bits per heavy atom. The van der Waals surface area contributed by atoms with Crippen LogP contribution in [0.1, 0.15) is 24.8 Å². The average Bonchev–Trinajstić information content (AvgIpc) is 2.82. The number of hydrogen-bond acceptors (Lipinski definition) is 6. The van der Waals surface area contributed by atoms with E-state index in [9.17, 15) is 4.79 Å². The molecule has 2 aromatic rings. The molecule has 168 valence electrons. The van der Waals surface area contributed by atoms with Gasteiger partial charge in [0.05, 0.1) is 50.9 Å². The number of anilines is 2. The van der Waals surface area contributed by atoms with Crippen LogP contribution in [0, 0.1) is 0 Å². The highest BCUT2D eigenvalue weighted by Gasteiger charge is 2.42. The Kier molecular flexibility index (Phi) is 7.25. The van der Waals surface area contributed by atoms with Crippen LogP contribution < -0.4 is 10.2 Å². The third-order valence-corrected chi connectivity index (χ3v) is 6.32. The van der Waals surface area contributed by atoms with E-state index in [0.717, 1.165) is 25.8 Å². The molecule has 31 heavy (non-hydrogen) atoms. The molecule has 0 saturated carbocycles. The molecular formula is C23H35N6O2+. The highest BCUT2D eigenvalue weighted by Crippen LogP contribution is 2.37. The van der Waals surface area contributed by atoms with Crippen LogP contribution in [0.4, 0.5) is 16.4 Å². The monoisotopic (exact) mass is 427 g/mol. The predicted molar refractivity (Wildman–Crippen MR) is 123 cm³/mol. The Balaban J connectivity index is 1.90. The van der Waals surface area contributed by atoms with Crippen molar-refractivity contribution in [3.05, 3.63) is 48.3 Å². The molecule has 0 unspecified atom stereocenters. The van der Waals surface area contributed by atoms with Gasteiger partial charge in [-0.3, -0.25) is 9.80 Å². The summed E-state index contributed by atoms with van der Waals surface area (Å²) in [5, 5.41) is 11.9. The fraction of sp³-hybridized carbons (Fsp3) is 0.522. The second kappa shape index (κ2) is 9.72. The van der Waals surface area contributed by atoms with Gasteiger partial charge in [-0.05, 0) is 32.5 Å². The van der Waals surface area contributed by atoms with Gasteiger partial charge in [-0.2, -0.15) is 0 Å². The summed E-state index contributed by atoms with van der Waals surface area (Å²) in [4.78, 5) is 26.3. The van der Waals surface area contributed by atoms with Crippen molar-refractivity contribution < 1.29 is 14.4 Å². The highest BCUT2D eigenvalue weighted by atomic mass is 16.3. The quantitative estimate of drug-likeness (QED) is 0.690. The molecule has 0 aliphatic carbocycles. The number of carbonyl (C=O) groups is 1. The lowest BCUT2D eigenvalue weighted by Crippen LogP contribution is -2.55. The first-order valence-electron chi connectivity index (χ1n) is 10.8. The van der Waals surface area contributed by atoms with Gasteiger partial charge in [0.2, 0.25) is 5.95 Å². The van der Waals surface area contributed by atoms with Crippen LogP contribution in [0.3, 0.4) is 0 Å². The first-order chi connectivity index (χ1) is 14.8. The van der Waals surface area contributed by atoms with E-state index in [1.54, 1.807) is 12.4 Å². The van der Waals surface area contributed by atoms with Crippen LogP contribution in [-0.2, 0) is 5.54 Å². The second-order valence-corrected chi connectivity index (χ2v) is 8.90. The Labute approximate surface area is 185 Å². The van der Waals surface area contributed by atoms with Crippen LogP contribution in [0.2, 0.25) is 0 Å². The molecule has 0 bridgehead atoms. The number of carbonyl (C=O) groups excluding carboxylic acids is 1. The fourth-order valence-electron chi connectivity index (χ4n) is 4.34. The van der Waals surface area contributed by atoms with Gasteiger partial charge < -0.3 is 10.4 Å². The van der Waals surface area contributed by atoms with Gasteiger partial charge in [-0.25, -0.2) is 19.2 Å². The van der Waals surface area contributed by atoms with E-state index in [1.807, 2.05) is 25.1 Å². The molecule has 8 nitrogen and oxygen atoms in total. The van der Waals surface area contributed by atoms with Gasteiger partial charge in [0, 0.05) is 19.5 Å². The zero-order valence-electron chi connectivity index (χ0n) is 19.1. The molecule has 1 fully saturated rings. The van der Waals surface area contributed by atoms with Crippen molar-refractivity contribution >= 4 is 17.7 Å². The predicted octanol–water partition coefficient (Wildman–Crippen LogP) is 2.52. The van der Waals surface area contributed by atoms with Crippen molar-refractivity contribution in [2.24, 2.45) is 0 Å². The summed E-state index contributed by atoms with van der Waals surface area (Å²) in [7, 11) is 8.22. The molecule has 1 aromatic carbocycles. The van der Waals surface area contributed by atoms with Gasteiger partial charge >= 0.3 is 6.03 Å². The number of amides is 2. The van der Waals surface area contributed by atoms with E-state index >= 15 is 0 Å². The SMILES string of the molecule is CN(C)[C@@]1(c2ccccc2)CCCN(c2cnc(NCCO)nc2)C(=O)[N+](C)(C)CC1. The first-order valence-corrected chi connectivity index (χ1v) is 10.8. The van der Waals surface area contributed by atoms with E-state index in [1.165, 1.54) is 5.56 Å². The fourth-order valence-corrected chi connectivity index (χ4v) is 4.34. The lowest BCUT2D eigenvalue weighted by Gasteiger charge is -2.41. The third-order valence-electron chi connectivity index (χ3n) is 6.32. The average molecular weight is 428 g/mol. The number of aromatic nitrogens is 2. The number of nitrogens with zero attached hydrogens (tertiary/aromatic N) is 5. The summed E-state index contributed by atoms with van der Waals surface area (Å²) in [6.45, 7) is 1.73. The zero-order chi connectivity index (χ0) is 22.5. The van der Waals surface area contributed by atoms with Crippen LogP contribution in [-0.4, -0.2) is 84.9 Å². The van der Waals surface area contributed by atoms with E-state index in [4.69, 9.17) is 5.11 Å². The van der Waals surface area contributed by atoms with Gasteiger partial charge in [-0.15, -0.1) is 0 Å². The first kappa shape index (κ1) is 23.1. The van der Waals surface area contributed by atoms with Crippen LogP contribution in [0.25, 0.3) is 0 Å². The minimum atomic E-state index is -0.123. The van der Waals surface area contributed by atoms with Crippen LogP contribution >= 0.6 is 0 Å². The number of urea groups is 1. The number of hydrogen-bond donors (Lipinski definition) is 2. The standard InChI is InChI=1S/C23H35N6O2/c1-27(2)23(19-9-6-5-7-10-19)11-8-14-28(22(31)29(3,4)15-12-23)20-17-25-21(26-18-20)24-13-16-30/h5-7,9-10,17-18,30H,8,11-16H2,1-4H3,(H,24,25,26)/q+1/t23-/m0/s1. The number of nitrogens with one attached hydrogen (secondary N) is 1. The summed E-state index contributed by atoms with van der Waals surface area (Å²) in [5.74, 6) is 0.443. The smallest absolute Gasteiger partial charge is 0.395 e. The molecule has 2 N–H and O–H groups in total. The highest BCUT2D eigenvalue weighted by molar-refractivity contribution is 5.86. The number of rotatable bonds is 6.